The van der Waals surface area contributed by atoms with E-state index in [1.54, 1.807) is 18.2 Å². The average Bonchev–Trinajstić information content (AvgIpc) is 2.92. The van der Waals surface area contributed by atoms with E-state index in [0.29, 0.717) is 6.61 Å². The van der Waals surface area contributed by atoms with Crippen LogP contribution < -0.4 is 10.5 Å². The van der Waals surface area contributed by atoms with Crippen LogP contribution >= 0.6 is 0 Å². The van der Waals surface area contributed by atoms with Crippen LogP contribution in [0, 0.1) is 0 Å². The molecule has 3 atom stereocenters. The maximum absolute atomic E-state index is 12.4. The fraction of sp³-hybridized carbons (Fsp3) is 0.571. The molecule has 0 bridgehead atoms. The van der Waals surface area contributed by atoms with Crippen LogP contribution in [-0.4, -0.2) is 27.2 Å². The minimum atomic E-state index is -3.54. The van der Waals surface area contributed by atoms with Crippen molar-refractivity contribution >= 4 is 10.0 Å². The zero-order valence-corrected chi connectivity index (χ0v) is 12.7. The Hall–Kier alpha value is -0.950. The van der Waals surface area contributed by atoms with Gasteiger partial charge in [-0.25, -0.2) is 13.1 Å². The molecule has 5 nitrogen and oxygen atoms in total. The molecule has 1 aliphatic heterocycles. The maximum atomic E-state index is 12.4. The van der Waals surface area contributed by atoms with Gasteiger partial charge in [0.2, 0.25) is 10.0 Å². The number of sulfonamides is 1. The van der Waals surface area contributed by atoms with E-state index in [4.69, 9.17) is 10.5 Å². The highest BCUT2D eigenvalue weighted by Crippen LogP contribution is 2.19. The molecule has 112 valence electrons. The van der Waals surface area contributed by atoms with Crippen LogP contribution in [0.15, 0.2) is 29.2 Å². The van der Waals surface area contributed by atoms with Gasteiger partial charge in [-0.15, -0.1) is 0 Å². The van der Waals surface area contributed by atoms with Gasteiger partial charge in [0, 0.05) is 18.7 Å². The Bertz CT molecular complexity index is 551. The molecule has 0 aromatic heterocycles. The van der Waals surface area contributed by atoms with Gasteiger partial charge < -0.3 is 10.5 Å². The third kappa shape index (κ3) is 3.58. The number of hydrogen-bond acceptors (Lipinski definition) is 4. The number of nitrogens with one attached hydrogen (secondary N) is 1. The molecule has 1 aromatic rings. The van der Waals surface area contributed by atoms with Gasteiger partial charge in [-0.2, -0.15) is 0 Å². The molecule has 1 aliphatic rings. The molecule has 0 amide bonds. The van der Waals surface area contributed by atoms with E-state index in [9.17, 15) is 8.42 Å². The van der Waals surface area contributed by atoms with Gasteiger partial charge in [0.1, 0.15) is 0 Å². The summed E-state index contributed by atoms with van der Waals surface area (Å²) in [5.74, 6) is 0. The first-order valence-electron chi connectivity index (χ1n) is 6.89. The standard InChI is InChI=1S/C14H22N2O3S/c1-10(15)12-5-3-6-13(9-12)20(17,18)16-11(2)14-7-4-8-19-14/h3,5-6,9-11,14,16H,4,7-8,15H2,1-2H3. The first-order valence-corrected chi connectivity index (χ1v) is 8.38. The number of rotatable bonds is 5. The molecule has 1 fully saturated rings. The third-order valence-corrected chi connectivity index (χ3v) is 5.11. The van der Waals surface area contributed by atoms with Gasteiger partial charge in [0.25, 0.3) is 0 Å². The van der Waals surface area contributed by atoms with Gasteiger partial charge in [0.05, 0.1) is 11.0 Å². The highest BCUT2D eigenvalue weighted by Gasteiger charge is 2.27. The fourth-order valence-electron chi connectivity index (χ4n) is 2.35. The molecular weight excluding hydrogens is 276 g/mol. The number of hydrogen-bond donors (Lipinski definition) is 2. The lowest BCUT2D eigenvalue weighted by atomic mass is 10.1. The second kappa shape index (κ2) is 6.22. The highest BCUT2D eigenvalue weighted by atomic mass is 32.2. The molecule has 0 radical (unpaired) electrons. The van der Waals surface area contributed by atoms with Crippen LogP contribution in [0.5, 0.6) is 0 Å². The lowest BCUT2D eigenvalue weighted by Crippen LogP contribution is -2.40. The van der Waals surface area contributed by atoms with E-state index in [1.165, 1.54) is 0 Å². The predicted molar refractivity (Wildman–Crippen MR) is 77.8 cm³/mol. The molecule has 20 heavy (non-hydrogen) atoms. The smallest absolute Gasteiger partial charge is 0.240 e. The van der Waals surface area contributed by atoms with Crippen LogP contribution in [0.1, 0.15) is 38.3 Å². The van der Waals surface area contributed by atoms with E-state index < -0.39 is 10.0 Å². The monoisotopic (exact) mass is 298 g/mol. The molecule has 2 rings (SSSR count). The summed E-state index contributed by atoms with van der Waals surface area (Å²) < 4.78 is 32.9. The molecule has 0 aliphatic carbocycles. The summed E-state index contributed by atoms with van der Waals surface area (Å²) in [6.07, 6.45) is 1.84. The molecule has 1 saturated heterocycles. The summed E-state index contributed by atoms with van der Waals surface area (Å²) in [6, 6.07) is 6.31. The van der Waals surface area contributed by atoms with Crippen molar-refractivity contribution in [1.82, 2.24) is 4.72 Å². The minimum absolute atomic E-state index is 0.0404. The third-order valence-electron chi connectivity index (χ3n) is 3.56. The fourth-order valence-corrected chi connectivity index (χ4v) is 3.68. The Morgan fingerprint density at radius 1 is 1.40 bits per heavy atom. The molecular formula is C14H22N2O3S. The highest BCUT2D eigenvalue weighted by molar-refractivity contribution is 7.89. The molecule has 0 saturated carbocycles. The Kier molecular flexibility index (Phi) is 4.80. The second-order valence-corrected chi connectivity index (χ2v) is 7.04. The summed E-state index contributed by atoms with van der Waals surface area (Å²) in [6.45, 7) is 4.37. The zero-order chi connectivity index (χ0) is 14.8. The van der Waals surface area contributed by atoms with E-state index in [-0.39, 0.29) is 23.1 Å². The van der Waals surface area contributed by atoms with E-state index >= 15 is 0 Å². The summed E-state index contributed by atoms with van der Waals surface area (Å²) in [7, 11) is -3.54. The Morgan fingerprint density at radius 2 is 2.15 bits per heavy atom. The molecule has 0 spiro atoms. The second-order valence-electron chi connectivity index (χ2n) is 5.32. The van der Waals surface area contributed by atoms with Crippen molar-refractivity contribution in [3.05, 3.63) is 29.8 Å². The largest absolute Gasteiger partial charge is 0.377 e. The molecule has 1 heterocycles. The van der Waals surface area contributed by atoms with E-state index in [1.807, 2.05) is 19.9 Å². The predicted octanol–water partition coefficient (Wildman–Crippen LogP) is 1.55. The van der Waals surface area contributed by atoms with Crippen LogP contribution in [0.25, 0.3) is 0 Å². The Labute approximate surface area is 120 Å². The Morgan fingerprint density at radius 3 is 2.75 bits per heavy atom. The summed E-state index contributed by atoms with van der Waals surface area (Å²) in [4.78, 5) is 0.247. The molecule has 3 N–H and O–H groups in total. The quantitative estimate of drug-likeness (QED) is 0.864. The molecule has 3 unspecified atom stereocenters. The molecule has 1 aromatic carbocycles. The summed E-state index contributed by atoms with van der Waals surface area (Å²) in [5.41, 5.74) is 6.59. The van der Waals surface area contributed by atoms with Crippen LogP contribution in [0.4, 0.5) is 0 Å². The van der Waals surface area contributed by atoms with Gasteiger partial charge in [-0.05, 0) is 44.4 Å². The first-order chi connectivity index (χ1) is 9.40. The van der Waals surface area contributed by atoms with Gasteiger partial charge in [-0.1, -0.05) is 12.1 Å². The number of nitrogens with two attached hydrogens (primary N) is 1. The topological polar surface area (TPSA) is 81.4 Å². The number of benzene rings is 1. The average molecular weight is 298 g/mol. The zero-order valence-electron chi connectivity index (χ0n) is 11.9. The molecule has 6 heteroatoms. The van der Waals surface area contributed by atoms with Gasteiger partial charge in [0.15, 0.2) is 0 Å². The van der Waals surface area contributed by atoms with Crippen LogP contribution in [0.3, 0.4) is 0 Å². The van der Waals surface area contributed by atoms with Crippen molar-refractivity contribution in [2.75, 3.05) is 6.61 Å². The SMILES string of the molecule is CC(N)c1cccc(S(=O)(=O)NC(C)C2CCCO2)c1. The van der Waals surface area contributed by atoms with Crippen molar-refractivity contribution in [2.45, 2.75) is 49.8 Å². The van der Waals surface area contributed by atoms with Crippen molar-refractivity contribution in [2.24, 2.45) is 5.73 Å². The van der Waals surface area contributed by atoms with Crippen LogP contribution in [0.2, 0.25) is 0 Å². The maximum Gasteiger partial charge on any atom is 0.240 e. The van der Waals surface area contributed by atoms with Crippen molar-refractivity contribution in [3.63, 3.8) is 0 Å². The normalized spacial score (nSPS) is 22.6. The van der Waals surface area contributed by atoms with Crippen molar-refractivity contribution in [3.8, 4) is 0 Å². The van der Waals surface area contributed by atoms with Crippen molar-refractivity contribution < 1.29 is 13.2 Å². The summed E-state index contributed by atoms with van der Waals surface area (Å²) in [5, 5.41) is 0. The lowest BCUT2D eigenvalue weighted by molar-refractivity contribution is 0.0902. The number of ether oxygens (including phenoxy) is 1. The van der Waals surface area contributed by atoms with Gasteiger partial charge >= 0.3 is 0 Å². The minimum Gasteiger partial charge on any atom is -0.377 e. The van der Waals surface area contributed by atoms with Crippen molar-refractivity contribution in [1.29, 1.82) is 0 Å². The van der Waals surface area contributed by atoms with Crippen LogP contribution in [-0.2, 0) is 14.8 Å². The lowest BCUT2D eigenvalue weighted by Gasteiger charge is -2.20. The van der Waals surface area contributed by atoms with E-state index in [2.05, 4.69) is 4.72 Å². The van der Waals surface area contributed by atoms with Gasteiger partial charge in [-0.3, -0.25) is 0 Å². The summed E-state index contributed by atoms with van der Waals surface area (Å²) >= 11 is 0. The Balaban J connectivity index is 2.15. The van der Waals surface area contributed by atoms with E-state index in [0.717, 1.165) is 18.4 Å². The first kappa shape index (κ1) is 15.4.